The molecule has 2 aliphatic heterocycles. The molecule has 0 aromatic rings. The average Bonchev–Trinajstić information content (AvgIpc) is 2.93. The fraction of sp³-hybridized carbons (Fsp3) is 0.833. The Morgan fingerprint density at radius 1 is 1.35 bits per heavy atom. The molecule has 0 bridgehead atoms. The molecule has 0 aliphatic carbocycles. The predicted octanol–water partition coefficient (Wildman–Crippen LogP) is 1.42. The first kappa shape index (κ1) is 15.1. The summed E-state index contributed by atoms with van der Waals surface area (Å²) in [6.45, 7) is 0.742. The van der Waals surface area contributed by atoms with Gasteiger partial charge in [0.25, 0.3) is 5.91 Å². The van der Waals surface area contributed by atoms with Gasteiger partial charge in [-0.25, -0.2) is 0 Å². The lowest BCUT2D eigenvalue weighted by atomic mass is 9.86. The first-order valence-electron chi connectivity index (χ1n) is 6.42. The minimum Gasteiger partial charge on any atom is -0.481 e. The third-order valence-corrected chi connectivity index (χ3v) is 4.04. The predicted molar refractivity (Wildman–Crippen MR) is 60.9 cm³/mol. The van der Waals surface area contributed by atoms with Crippen LogP contribution in [0.25, 0.3) is 0 Å². The number of alkyl halides is 3. The van der Waals surface area contributed by atoms with Crippen molar-refractivity contribution >= 4 is 11.9 Å². The Hall–Kier alpha value is -1.31. The standard InChI is InChI=1S/C12H16F3NO4/c1-7-2-3-8(20-7)9(17)16-5-4-11(6-16,10(18)19)12(13,14)15/h7-8H,2-6H2,1H3,(H,18,19). The second kappa shape index (κ2) is 4.91. The molecule has 114 valence electrons. The van der Waals surface area contributed by atoms with E-state index < -0.39 is 42.5 Å². The van der Waals surface area contributed by atoms with Crippen molar-refractivity contribution < 1.29 is 32.6 Å². The van der Waals surface area contributed by atoms with Crippen LogP contribution in [0.15, 0.2) is 0 Å². The van der Waals surface area contributed by atoms with Crippen molar-refractivity contribution in [3.63, 3.8) is 0 Å². The minimum absolute atomic E-state index is 0.0987. The Labute approximate surface area is 113 Å². The quantitative estimate of drug-likeness (QED) is 0.836. The molecule has 2 saturated heterocycles. The largest absolute Gasteiger partial charge is 0.481 e. The van der Waals surface area contributed by atoms with Crippen molar-refractivity contribution in [3.8, 4) is 0 Å². The van der Waals surface area contributed by atoms with Gasteiger partial charge in [-0.3, -0.25) is 9.59 Å². The summed E-state index contributed by atoms with van der Waals surface area (Å²) in [7, 11) is 0. The van der Waals surface area contributed by atoms with Crippen molar-refractivity contribution in [2.75, 3.05) is 13.1 Å². The number of rotatable bonds is 2. The monoisotopic (exact) mass is 295 g/mol. The van der Waals surface area contributed by atoms with Gasteiger partial charge in [-0.1, -0.05) is 0 Å². The molecule has 2 fully saturated rings. The Bertz CT molecular complexity index is 425. The first-order chi connectivity index (χ1) is 9.17. The zero-order chi connectivity index (χ0) is 15.1. The highest BCUT2D eigenvalue weighted by molar-refractivity contribution is 5.84. The summed E-state index contributed by atoms with van der Waals surface area (Å²) in [5, 5.41) is 8.92. The molecule has 0 spiro atoms. The van der Waals surface area contributed by atoms with Gasteiger partial charge >= 0.3 is 12.1 Å². The van der Waals surface area contributed by atoms with E-state index >= 15 is 0 Å². The minimum atomic E-state index is -4.88. The summed E-state index contributed by atoms with van der Waals surface area (Å²) in [6, 6.07) is 0. The number of carbonyl (C=O) groups is 2. The maximum Gasteiger partial charge on any atom is 0.406 e. The third-order valence-electron chi connectivity index (χ3n) is 4.04. The summed E-state index contributed by atoms with van der Waals surface area (Å²) < 4.78 is 44.3. The summed E-state index contributed by atoms with van der Waals surface area (Å²) in [4.78, 5) is 24.1. The molecular weight excluding hydrogens is 279 g/mol. The number of hydrogen-bond donors (Lipinski definition) is 1. The average molecular weight is 295 g/mol. The van der Waals surface area contributed by atoms with Gasteiger partial charge in [0.2, 0.25) is 0 Å². The van der Waals surface area contributed by atoms with E-state index in [-0.39, 0.29) is 12.6 Å². The highest BCUT2D eigenvalue weighted by Gasteiger charge is 2.64. The molecule has 2 heterocycles. The molecule has 0 saturated carbocycles. The lowest BCUT2D eigenvalue weighted by molar-refractivity contribution is -0.227. The van der Waals surface area contributed by atoms with E-state index in [1.54, 1.807) is 6.92 Å². The van der Waals surface area contributed by atoms with Crippen LogP contribution in [0.1, 0.15) is 26.2 Å². The fourth-order valence-corrected chi connectivity index (χ4v) is 2.71. The van der Waals surface area contributed by atoms with Gasteiger partial charge in [-0.2, -0.15) is 13.2 Å². The lowest BCUT2D eigenvalue weighted by Crippen LogP contribution is -2.48. The van der Waals surface area contributed by atoms with Crippen LogP contribution in [0.2, 0.25) is 0 Å². The second-order valence-corrected chi connectivity index (χ2v) is 5.41. The van der Waals surface area contributed by atoms with Crippen LogP contribution in [0.5, 0.6) is 0 Å². The Morgan fingerprint density at radius 3 is 2.40 bits per heavy atom. The Kier molecular flexibility index (Phi) is 3.70. The third kappa shape index (κ3) is 2.36. The molecule has 5 nitrogen and oxygen atoms in total. The normalized spacial score (nSPS) is 34.5. The van der Waals surface area contributed by atoms with Gasteiger partial charge < -0.3 is 14.7 Å². The highest BCUT2D eigenvalue weighted by Crippen LogP contribution is 2.46. The molecule has 3 atom stereocenters. The lowest BCUT2D eigenvalue weighted by Gasteiger charge is -2.27. The van der Waals surface area contributed by atoms with Gasteiger partial charge in [0.15, 0.2) is 5.41 Å². The van der Waals surface area contributed by atoms with Crippen molar-refractivity contribution in [2.45, 2.75) is 44.6 Å². The van der Waals surface area contributed by atoms with E-state index in [9.17, 15) is 22.8 Å². The van der Waals surface area contributed by atoms with E-state index in [0.29, 0.717) is 12.8 Å². The Morgan fingerprint density at radius 2 is 2.00 bits per heavy atom. The maximum atomic E-state index is 13.0. The molecule has 2 rings (SSSR count). The van der Waals surface area contributed by atoms with Crippen LogP contribution in [0, 0.1) is 5.41 Å². The molecule has 0 aromatic heterocycles. The number of likely N-dealkylation sites (tertiary alicyclic amines) is 1. The van der Waals surface area contributed by atoms with Crippen molar-refractivity contribution in [1.29, 1.82) is 0 Å². The molecule has 0 radical (unpaired) electrons. The number of halogens is 3. The topological polar surface area (TPSA) is 66.8 Å². The smallest absolute Gasteiger partial charge is 0.406 e. The van der Waals surface area contributed by atoms with Crippen molar-refractivity contribution in [3.05, 3.63) is 0 Å². The SMILES string of the molecule is CC1CCC(C(=O)N2CCC(C(=O)O)(C(F)(F)F)C2)O1. The van der Waals surface area contributed by atoms with Gasteiger partial charge in [0, 0.05) is 13.1 Å². The number of carboxylic acids is 1. The van der Waals surface area contributed by atoms with Crippen LogP contribution in [-0.2, 0) is 14.3 Å². The molecule has 1 N–H and O–H groups in total. The van der Waals surface area contributed by atoms with E-state index in [1.165, 1.54) is 0 Å². The molecule has 1 amide bonds. The van der Waals surface area contributed by atoms with Crippen molar-refractivity contribution in [2.24, 2.45) is 5.41 Å². The number of ether oxygens (including phenoxy) is 1. The van der Waals surface area contributed by atoms with Gasteiger partial charge in [-0.05, 0) is 26.2 Å². The van der Waals surface area contributed by atoms with Gasteiger partial charge in [0.05, 0.1) is 6.10 Å². The Balaban J connectivity index is 2.11. The summed E-state index contributed by atoms with van der Waals surface area (Å²) in [5.74, 6) is -2.47. The number of nitrogens with zero attached hydrogens (tertiary/aromatic N) is 1. The van der Waals surface area contributed by atoms with Crippen LogP contribution >= 0.6 is 0 Å². The number of aliphatic carboxylic acids is 1. The summed E-state index contributed by atoms with van der Waals surface area (Å²) >= 11 is 0. The van der Waals surface area contributed by atoms with Gasteiger partial charge in [0.1, 0.15) is 6.10 Å². The molecule has 20 heavy (non-hydrogen) atoms. The van der Waals surface area contributed by atoms with Crippen LogP contribution in [0.4, 0.5) is 13.2 Å². The highest BCUT2D eigenvalue weighted by atomic mass is 19.4. The van der Waals surface area contributed by atoms with Gasteiger partial charge in [-0.15, -0.1) is 0 Å². The van der Waals surface area contributed by atoms with Crippen LogP contribution in [-0.4, -0.2) is 53.4 Å². The first-order valence-corrected chi connectivity index (χ1v) is 6.42. The van der Waals surface area contributed by atoms with Crippen molar-refractivity contribution in [1.82, 2.24) is 4.90 Å². The van der Waals surface area contributed by atoms with E-state index in [4.69, 9.17) is 9.84 Å². The number of carboxylic acid groups (broad SMARTS) is 1. The van der Waals surface area contributed by atoms with Crippen LogP contribution < -0.4 is 0 Å². The number of carbonyl (C=O) groups excluding carboxylic acids is 1. The van der Waals surface area contributed by atoms with Crippen LogP contribution in [0.3, 0.4) is 0 Å². The molecule has 0 aromatic carbocycles. The van der Waals surface area contributed by atoms with E-state index in [2.05, 4.69) is 0 Å². The maximum absolute atomic E-state index is 13.0. The number of hydrogen-bond acceptors (Lipinski definition) is 3. The summed E-state index contributed by atoms with van der Waals surface area (Å²) in [5.41, 5.74) is -2.85. The van der Waals surface area contributed by atoms with E-state index in [1.807, 2.05) is 0 Å². The molecule has 8 heteroatoms. The zero-order valence-electron chi connectivity index (χ0n) is 10.9. The summed E-state index contributed by atoms with van der Waals surface area (Å²) in [6.07, 6.45) is -5.20. The fourth-order valence-electron chi connectivity index (χ4n) is 2.71. The van der Waals surface area contributed by atoms with E-state index in [0.717, 1.165) is 4.90 Å². The molecular formula is C12H16F3NO4. The number of amides is 1. The zero-order valence-corrected chi connectivity index (χ0v) is 10.9. The second-order valence-electron chi connectivity index (χ2n) is 5.41. The molecule has 2 aliphatic rings. The molecule has 3 unspecified atom stereocenters.